The Morgan fingerprint density at radius 3 is 2.56 bits per heavy atom. The van der Waals surface area contributed by atoms with Gasteiger partial charge in [-0.15, -0.1) is 0 Å². The molecule has 90 valence electrons. The number of amides is 2. The minimum atomic E-state index is -0.886. The molecule has 0 unspecified atom stereocenters. The number of rotatable bonds is 6. The Bertz CT molecular complexity index is 302. The smallest absolute Gasteiger partial charge is 0.317 e. The van der Waals surface area contributed by atoms with Gasteiger partial charge in [0.15, 0.2) is 0 Å². The van der Waals surface area contributed by atoms with Crippen LogP contribution in [-0.2, 0) is 4.79 Å². The quantitative estimate of drug-likeness (QED) is 0.780. The number of nitrogens with zero attached hydrogens (tertiary/aromatic N) is 1. The summed E-state index contributed by atoms with van der Waals surface area (Å²) in [6, 6.07) is -0.00714. The summed E-state index contributed by atoms with van der Waals surface area (Å²) in [5.74, 6) is -0.886. The molecule has 0 atom stereocenters. The first-order chi connectivity index (χ1) is 7.50. The van der Waals surface area contributed by atoms with E-state index in [1.807, 2.05) is 0 Å². The zero-order valence-electron chi connectivity index (χ0n) is 8.91. The zero-order valence-corrected chi connectivity index (χ0v) is 10.5. The fourth-order valence-corrected chi connectivity index (χ4v) is 1.47. The molecule has 6 heteroatoms. The van der Waals surface area contributed by atoms with Crippen LogP contribution in [0.3, 0.4) is 0 Å². The van der Waals surface area contributed by atoms with Crippen molar-refractivity contribution in [1.29, 1.82) is 0 Å². The first-order valence-electron chi connectivity index (χ1n) is 5.10. The van der Waals surface area contributed by atoms with Crippen molar-refractivity contribution in [2.24, 2.45) is 0 Å². The summed E-state index contributed by atoms with van der Waals surface area (Å²) in [5.41, 5.74) is 0. The van der Waals surface area contributed by atoms with E-state index in [-0.39, 0.29) is 25.0 Å². The number of nitrogens with one attached hydrogen (secondary N) is 1. The van der Waals surface area contributed by atoms with Crippen LogP contribution in [0.1, 0.15) is 19.3 Å². The topological polar surface area (TPSA) is 69.6 Å². The summed E-state index contributed by atoms with van der Waals surface area (Å²) in [4.78, 5) is 23.7. The number of hydrogen-bond acceptors (Lipinski definition) is 2. The van der Waals surface area contributed by atoms with E-state index in [4.69, 9.17) is 5.11 Å². The SMILES string of the molecule is C=C(Br)CNC(=O)N(CCC(=O)O)C1CC1. The van der Waals surface area contributed by atoms with Gasteiger partial charge in [-0.2, -0.15) is 0 Å². The predicted octanol–water partition coefficient (Wildman–Crippen LogP) is 1.54. The van der Waals surface area contributed by atoms with Crippen LogP contribution < -0.4 is 5.32 Å². The second-order valence-electron chi connectivity index (χ2n) is 3.74. The monoisotopic (exact) mass is 290 g/mol. The van der Waals surface area contributed by atoms with E-state index in [1.165, 1.54) is 0 Å². The van der Waals surface area contributed by atoms with Crippen molar-refractivity contribution in [3.8, 4) is 0 Å². The molecule has 5 nitrogen and oxygen atoms in total. The van der Waals surface area contributed by atoms with Gasteiger partial charge in [0.05, 0.1) is 13.0 Å². The van der Waals surface area contributed by atoms with Crippen LogP contribution in [0.4, 0.5) is 4.79 Å². The molecule has 2 N–H and O–H groups in total. The number of urea groups is 1. The Labute approximate surface area is 103 Å². The summed E-state index contributed by atoms with van der Waals surface area (Å²) < 4.78 is 0.690. The highest BCUT2D eigenvalue weighted by atomic mass is 79.9. The maximum atomic E-state index is 11.7. The number of aliphatic carboxylic acids is 1. The summed E-state index contributed by atoms with van der Waals surface area (Å²) in [7, 11) is 0. The number of carboxylic acids is 1. The molecule has 0 spiro atoms. The number of carbonyl (C=O) groups excluding carboxylic acids is 1. The van der Waals surface area contributed by atoms with Crippen molar-refractivity contribution >= 4 is 27.9 Å². The highest BCUT2D eigenvalue weighted by Crippen LogP contribution is 2.26. The van der Waals surface area contributed by atoms with Gasteiger partial charge in [0.25, 0.3) is 0 Å². The summed E-state index contributed by atoms with van der Waals surface area (Å²) in [6.07, 6.45) is 1.91. The van der Waals surface area contributed by atoms with Gasteiger partial charge < -0.3 is 15.3 Å². The molecule has 1 aliphatic carbocycles. The van der Waals surface area contributed by atoms with Crippen LogP contribution >= 0.6 is 15.9 Å². The molecule has 1 aliphatic rings. The Morgan fingerprint density at radius 1 is 1.50 bits per heavy atom. The summed E-state index contributed by atoms with van der Waals surface area (Å²) in [6.45, 7) is 4.23. The van der Waals surface area contributed by atoms with Crippen LogP contribution in [0, 0.1) is 0 Å². The van der Waals surface area contributed by atoms with Gasteiger partial charge in [-0.05, 0) is 12.8 Å². The number of carbonyl (C=O) groups is 2. The van der Waals surface area contributed by atoms with Gasteiger partial charge in [0, 0.05) is 17.1 Å². The molecule has 1 saturated carbocycles. The lowest BCUT2D eigenvalue weighted by molar-refractivity contribution is -0.137. The Kier molecular flexibility index (Phi) is 4.79. The largest absolute Gasteiger partial charge is 0.481 e. The molecule has 0 bridgehead atoms. The normalized spacial score (nSPS) is 14.3. The third-order valence-electron chi connectivity index (χ3n) is 2.25. The maximum absolute atomic E-state index is 11.7. The van der Waals surface area contributed by atoms with Gasteiger partial charge in [-0.3, -0.25) is 4.79 Å². The third-order valence-corrected chi connectivity index (χ3v) is 2.53. The number of hydrogen-bond donors (Lipinski definition) is 2. The lowest BCUT2D eigenvalue weighted by Gasteiger charge is -2.21. The molecule has 0 radical (unpaired) electrons. The fraction of sp³-hybridized carbons (Fsp3) is 0.600. The zero-order chi connectivity index (χ0) is 12.1. The molecule has 0 aliphatic heterocycles. The van der Waals surface area contributed by atoms with Crippen LogP contribution in [0.25, 0.3) is 0 Å². The summed E-state index contributed by atoms with van der Waals surface area (Å²) in [5, 5.41) is 11.3. The highest BCUT2D eigenvalue weighted by molar-refractivity contribution is 9.11. The molecule has 1 rings (SSSR count). The van der Waals surface area contributed by atoms with Gasteiger partial charge in [0.2, 0.25) is 0 Å². The molecule has 0 heterocycles. The van der Waals surface area contributed by atoms with Crippen LogP contribution in [0.5, 0.6) is 0 Å². The van der Waals surface area contributed by atoms with Crippen molar-refractivity contribution in [3.05, 3.63) is 11.1 Å². The average Bonchev–Trinajstić information content (AvgIpc) is 2.98. The van der Waals surface area contributed by atoms with Gasteiger partial charge >= 0.3 is 12.0 Å². The van der Waals surface area contributed by atoms with Crippen molar-refractivity contribution < 1.29 is 14.7 Å². The first-order valence-corrected chi connectivity index (χ1v) is 5.89. The molecule has 0 aromatic rings. The number of halogens is 1. The average molecular weight is 291 g/mol. The van der Waals surface area contributed by atoms with E-state index in [0.29, 0.717) is 11.0 Å². The molecular formula is C10H15BrN2O3. The molecule has 16 heavy (non-hydrogen) atoms. The molecular weight excluding hydrogens is 276 g/mol. The molecule has 0 aromatic carbocycles. The molecule has 1 fully saturated rings. The first kappa shape index (κ1) is 13.0. The van der Waals surface area contributed by atoms with Crippen molar-refractivity contribution in [2.45, 2.75) is 25.3 Å². The predicted molar refractivity (Wildman–Crippen MR) is 63.4 cm³/mol. The lowest BCUT2D eigenvalue weighted by atomic mass is 10.4. The summed E-state index contributed by atoms with van der Waals surface area (Å²) >= 11 is 3.15. The van der Waals surface area contributed by atoms with Gasteiger partial charge in [-0.1, -0.05) is 22.5 Å². The van der Waals surface area contributed by atoms with Crippen molar-refractivity contribution in [2.75, 3.05) is 13.1 Å². The minimum Gasteiger partial charge on any atom is -0.481 e. The second kappa shape index (κ2) is 5.89. The van der Waals surface area contributed by atoms with E-state index in [2.05, 4.69) is 27.8 Å². The van der Waals surface area contributed by atoms with E-state index < -0.39 is 5.97 Å². The van der Waals surface area contributed by atoms with Gasteiger partial charge in [-0.25, -0.2) is 4.79 Å². The molecule has 2 amide bonds. The molecule has 0 aromatic heterocycles. The Balaban J connectivity index is 2.39. The lowest BCUT2D eigenvalue weighted by Crippen LogP contribution is -2.42. The van der Waals surface area contributed by atoms with Crippen molar-refractivity contribution in [1.82, 2.24) is 10.2 Å². The fourth-order valence-electron chi connectivity index (χ4n) is 1.33. The van der Waals surface area contributed by atoms with Crippen LogP contribution in [0.15, 0.2) is 11.1 Å². The van der Waals surface area contributed by atoms with E-state index >= 15 is 0 Å². The van der Waals surface area contributed by atoms with E-state index in [9.17, 15) is 9.59 Å². The second-order valence-corrected chi connectivity index (χ2v) is 4.87. The van der Waals surface area contributed by atoms with E-state index in [1.54, 1.807) is 4.90 Å². The number of carboxylic acid groups (broad SMARTS) is 1. The Hall–Kier alpha value is -1.04. The standard InChI is InChI=1S/C10H15BrN2O3/c1-7(11)6-12-10(16)13(8-2-3-8)5-4-9(14)15/h8H,1-6H2,(H,12,16)(H,14,15). The van der Waals surface area contributed by atoms with Crippen LogP contribution in [-0.4, -0.2) is 41.1 Å². The highest BCUT2D eigenvalue weighted by Gasteiger charge is 2.32. The third kappa shape index (κ3) is 4.65. The van der Waals surface area contributed by atoms with E-state index in [0.717, 1.165) is 12.8 Å². The molecule has 0 saturated heterocycles. The maximum Gasteiger partial charge on any atom is 0.317 e. The minimum absolute atomic E-state index is 0.0147. The van der Waals surface area contributed by atoms with Crippen LogP contribution in [0.2, 0.25) is 0 Å². The van der Waals surface area contributed by atoms with Gasteiger partial charge in [0.1, 0.15) is 0 Å². The Morgan fingerprint density at radius 2 is 2.12 bits per heavy atom. The van der Waals surface area contributed by atoms with Crippen molar-refractivity contribution in [3.63, 3.8) is 0 Å².